The van der Waals surface area contributed by atoms with Crippen LogP contribution in [0.25, 0.3) is 22.8 Å². The molecule has 360 valence electrons. The van der Waals surface area contributed by atoms with Crippen LogP contribution in [0, 0.1) is 25.7 Å². The Kier molecular flexibility index (Phi) is 25.4. The molecule has 70 heavy (non-hydrogen) atoms. The fraction of sp³-hybridized carbons (Fsp3) is 0.408. The number of rotatable bonds is 20. The molecule has 6 aromatic rings. The zero-order valence-electron chi connectivity index (χ0n) is 40.1. The van der Waals surface area contributed by atoms with Crippen LogP contribution in [0.4, 0.5) is 4.79 Å². The molecular formula is C49H56K2N8O11. The molecule has 0 atom stereocenters. The normalized spacial score (nSPS) is 13.1. The Morgan fingerprint density at radius 3 is 1.19 bits per heavy atom. The van der Waals surface area contributed by atoms with Gasteiger partial charge in [-0.25, -0.2) is 0 Å². The van der Waals surface area contributed by atoms with Crippen LogP contribution in [0.15, 0.2) is 72.8 Å². The fourth-order valence-electron chi connectivity index (χ4n) is 8.01. The van der Waals surface area contributed by atoms with Crippen LogP contribution in [-0.4, -0.2) is 95.6 Å². The summed E-state index contributed by atoms with van der Waals surface area (Å²) in [7, 11) is 0. The molecule has 0 spiro atoms. The first-order valence-electron chi connectivity index (χ1n) is 22.8. The molecule has 21 heteroatoms. The van der Waals surface area contributed by atoms with E-state index in [1.807, 2.05) is 48.5 Å². The number of hydrogen-bond donors (Lipinski definition) is 4. The molecular weight excluding hydrogens is 955 g/mol. The van der Waals surface area contributed by atoms with Crippen molar-refractivity contribution in [2.45, 2.75) is 90.9 Å². The number of ether oxygens (including phenoxy) is 4. The van der Waals surface area contributed by atoms with Crippen LogP contribution < -0.4 is 132 Å². The van der Waals surface area contributed by atoms with Crippen molar-refractivity contribution in [3.63, 3.8) is 0 Å². The fourth-order valence-corrected chi connectivity index (χ4v) is 8.01. The van der Waals surface area contributed by atoms with E-state index in [1.54, 1.807) is 38.1 Å². The van der Waals surface area contributed by atoms with E-state index < -0.39 is 6.16 Å². The third-order valence-electron chi connectivity index (χ3n) is 11.8. The number of aromatic amines is 2. The number of hydrogen-bond acceptors (Lipinski definition) is 17. The SMILES string of the molecule is Cc1c(OCCCCOc2ccc(-c3nn[nH]n3)cc2)ccc(C(=O)C2CCCC2)c1O.Cc1c(OCCCCOc2ccc(-c3nn[nH]n3)cc2)ccc(C(=O)C2CCCC2)c1O.O=C([O-])[O-].[K+].[K+]. The van der Waals surface area contributed by atoms with Gasteiger partial charge in [-0.3, -0.25) is 9.59 Å². The van der Waals surface area contributed by atoms with Crippen molar-refractivity contribution in [2.75, 3.05) is 26.4 Å². The summed E-state index contributed by atoms with van der Waals surface area (Å²) in [5.74, 6) is 4.17. The van der Waals surface area contributed by atoms with Gasteiger partial charge in [0, 0.05) is 34.1 Å². The molecule has 2 fully saturated rings. The second kappa shape index (κ2) is 30.6. The van der Waals surface area contributed by atoms with Crippen molar-refractivity contribution < 1.29 is 157 Å². The first-order valence-corrected chi connectivity index (χ1v) is 22.8. The predicted octanol–water partition coefficient (Wildman–Crippen LogP) is 0.544. The Morgan fingerprint density at radius 1 is 0.543 bits per heavy atom. The minimum Gasteiger partial charge on any atom is -0.652 e. The maximum atomic E-state index is 12.6. The third kappa shape index (κ3) is 17.5. The summed E-state index contributed by atoms with van der Waals surface area (Å²) in [4.78, 5) is 33.6. The van der Waals surface area contributed by atoms with Crippen molar-refractivity contribution in [2.24, 2.45) is 11.8 Å². The van der Waals surface area contributed by atoms with Gasteiger partial charge in [-0.2, -0.15) is 10.4 Å². The van der Waals surface area contributed by atoms with Gasteiger partial charge in [-0.1, -0.05) is 25.7 Å². The van der Waals surface area contributed by atoms with E-state index in [4.69, 9.17) is 34.0 Å². The van der Waals surface area contributed by atoms with Crippen molar-refractivity contribution in [3.8, 4) is 57.3 Å². The molecule has 4 N–H and O–H groups in total. The summed E-state index contributed by atoms with van der Waals surface area (Å²) in [5.41, 5.74) is 3.81. The maximum absolute atomic E-state index is 12.6. The van der Waals surface area contributed by atoms with Crippen molar-refractivity contribution in [3.05, 3.63) is 95.1 Å². The van der Waals surface area contributed by atoms with E-state index in [2.05, 4.69) is 41.2 Å². The Labute approximate surface area is 491 Å². The molecule has 4 aromatic carbocycles. The third-order valence-corrected chi connectivity index (χ3v) is 11.8. The van der Waals surface area contributed by atoms with Crippen LogP contribution in [0.3, 0.4) is 0 Å². The van der Waals surface area contributed by atoms with Crippen LogP contribution in [0.5, 0.6) is 34.5 Å². The van der Waals surface area contributed by atoms with Gasteiger partial charge in [0.05, 0.1) is 37.6 Å². The summed E-state index contributed by atoms with van der Waals surface area (Å²) in [6, 6.07) is 22.0. The number of nitrogens with zero attached hydrogens (tertiary/aromatic N) is 6. The smallest absolute Gasteiger partial charge is 0.652 e. The van der Waals surface area contributed by atoms with Gasteiger partial charge in [0.25, 0.3) is 0 Å². The number of carbonyl (C=O) groups excluding carboxylic acids is 3. The van der Waals surface area contributed by atoms with Gasteiger partial charge in [0.2, 0.25) is 11.6 Å². The number of carbonyl (C=O) groups is 3. The summed E-state index contributed by atoms with van der Waals surface area (Å²) < 4.78 is 23.2. The topological polar surface area (TPSA) is 284 Å². The molecule has 8 rings (SSSR count). The molecule has 0 amide bonds. The monoisotopic (exact) mass is 1010 g/mol. The summed E-state index contributed by atoms with van der Waals surface area (Å²) in [6.45, 7) is 5.75. The molecule has 0 radical (unpaired) electrons. The van der Waals surface area contributed by atoms with Gasteiger partial charge in [-0.15, -0.1) is 20.4 Å². The summed E-state index contributed by atoms with van der Waals surface area (Å²) >= 11 is 0. The minimum absolute atomic E-state index is 0. The molecule has 19 nitrogen and oxygen atoms in total. The summed E-state index contributed by atoms with van der Waals surface area (Å²) in [6.07, 6.45) is 8.97. The second-order valence-electron chi connectivity index (χ2n) is 16.4. The van der Waals surface area contributed by atoms with Crippen molar-refractivity contribution in [1.82, 2.24) is 41.2 Å². The molecule has 2 aliphatic carbocycles. The Balaban J connectivity index is 0.000000276. The van der Waals surface area contributed by atoms with E-state index in [-0.39, 0.29) is 138 Å². The molecule has 2 aromatic heterocycles. The minimum atomic E-state index is -2.33. The molecule has 2 aliphatic rings. The number of Topliss-reactive ketones (excluding diaryl/α,β-unsaturated/α-hetero) is 2. The van der Waals surface area contributed by atoms with E-state index in [1.165, 1.54) is 0 Å². The maximum Gasteiger partial charge on any atom is 1.00 e. The zero-order chi connectivity index (χ0) is 48.3. The van der Waals surface area contributed by atoms with Crippen LogP contribution >= 0.6 is 0 Å². The molecule has 2 saturated carbocycles. The number of aromatic nitrogens is 8. The second-order valence-corrected chi connectivity index (χ2v) is 16.4. The molecule has 0 aliphatic heterocycles. The first-order chi connectivity index (χ1) is 33.0. The number of aromatic hydroxyl groups is 2. The van der Waals surface area contributed by atoms with Crippen LogP contribution in [0.2, 0.25) is 0 Å². The predicted molar refractivity (Wildman–Crippen MR) is 243 cm³/mol. The van der Waals surface area contributed by atoms with E-state index in [9.17, 15) is 19.8 Å². The average Bonchev–Trinajstić information content (AvgIpc) is 4.21. The number of phenolic OH excluding ortho intramolecular Hbond substituents is 2. The summed E-state index contributed by atoms with van der Waals surface area (Å²) in [5, 5.41) is 65.5. The first kappa shape index (κ1) is 58.3. The quantitative estimate of drug-likeness (QED) is 0.0461. The molecule has 0 unspecified atom stereocenters. The van der Waals surface area contributed by atoms with Gasteiger partial charge in [0.1, 0.15) is 34.5 Å². The number of carboxylic acid groups (broad SMARTS) is 2. The molecule has 2 heterocycles. The van der Waals surface area contributed by atoms with Crippen molar-refractivity contribution in [1.29, 1.82) is 0 Å². The Bertz CT molecular complexity index is 2350. The van der Waals surface area contributed by atoms with Gasteiger partial charge in [-0.05, 0) is 155 Å². The molecule has 0 saturated heterocycles. The average molecular weight is 1010 g/mol. The number of tetrazole rings is 2. The van der Waals surface area contributed by atoms with Crippen LogP contribution in [-0.2, 0) is 0 Å². The number of benzene rings is 4. The van der Waals surface area contributed by atoms with Gasteiger partial charge >= 0.3 is 103 Å². The largest absolute Gasteiger partial charge is 1.00 e. The number of phenols is 2. The number of H-pyrrole nitrogens is 2. The number of ketones is 2. The van der Waals surface area contributed by atoms with Crippen LogP contribution in [0.1, 0.15) is 109 Å². The molecule has 0 bridgehead atoms. The Hall–Kier alpha value is -4.30. The Morgan fingerprint density at radius 2 is 0.871 bits per heavy atom. The van der Waals surface area contributed by atoms with E-state index >= 15 is 0 Å². The standard InChI is InChI=1S/2C24H28N4O4.CH2O3.2K/c2*1-16-21(13-12-20(22(16)29)23(30)17-6-2-3-7-17)32-15-5-4-14-31-19-10-8-18(9-11-19)24-25-27-28-26-24;2-1(3)4;;/h2*8-13,17,29H,2-7,14-15H2,1H3,(H,25,26,27,28);(H2,2,3,4);;/q;;;2*+1/p-2. The zero-order valence-corrected chi connectivity index (χ0v) is 46.4. The van der Waals surface area contributed by atoms with Crippen molar-refractivity contribution >= 4 is 17.7 Å². The van der Waals surface area contributed by atoms with E-state index in [0.717, 1.165) is 99.7 Å². The number of nitrogens with one attached hydrogen (secondary N) is 2. The number of unbranched alkanes of at least 4 members (excludes halogenated alkanes) is 2. The van der Waals surface area contributed by atoms with Gasteiger partial charge in [0.15, 0.2) is 11.6 Å². The van der Waals surface area contributed by atoms with Gasteiger partial charge < -0.3 is 44.2 Å². The van der Waals surface area contributed by atoms with E-state index in [0.29, 0.717) is 71.8 Å².